The number of phenolic OH excluding ortho intramolecular Hbond substituents is 1. The number of anilines is 1. The number of phenols is 1. The predicted octanol–water partition coefficient (Wildman–Crippen LogP) is 6.02. The number of nitrogens with one attached hydrogen (secondary N) is 1. The summed E-state index contributed by atoms with van der Waals surface area (Å²) in [6.45, 7) is 8.07. The maximum absolute atomic E-state index is 12.3. The van der Waals surface area contributed by atoms with E-state index in [0.29, 0.717) is 18.0 Å². The van der Waals surface area contributed by atoms with Gasteiger partial charge in [0, 0.05) is 49.4 Å². The Morgan fingerprint density at radius 1 is 1.11 bits per heavy atom. The Balaban J connectivity index is 1.11. The van der Waals surface area contributed by atoms with Crippen LogP contribution in [0.25, 0.3) is 0 Å². The average Bonchev–Trinajstić information content (AvgIpc) is 2.94. The molecule has 1 aliphatic carbocycles. The molecule has 1 aliphatic heterocycles. The van der Waals surface area contributed by atoms with Gasteiger partial charge in [-0.2, -0.15) is 5.26 Å². The monoisotopic (exact) mass is 536 g/mol. The first kappa shape index (κ1) is 28.3. The number of hydrogen-bond acceptors (Lipinski definition) is 5. The van der Waals surface area contributed by atoms with Crippen molar-refractivity contribution in [3.05, 3.63) is 58.6 Å². The summed E-state index contributed by atoms with van der Waals surface area (Å²) in [4.78, 5) is 17.3. The fourth-order valence-electron chi connectivity index (χ4n) is 6.09. The van der Waals surface area contributed by atoms with E-state index in [1.165, 1.54) is 36.6 Å². The van der Waals surface area contributed by atoms with Gasteiger partial charge < -0.3 is 15.3 Å². The van der Waals surface area contributed by atoms with Crippen molar-refractivity contribution in [2.75, 3.05) is 44.2 Å². The molecular formula is C31H41ClN4O2. The fourth-order valence-corrected chi connectivity index (χ4v) is 6.26. The Morgan fingerprint density at radius 2 is 1.84 bits per heavy atom. The molecule has 1 saturated carbocycles. The van der Waals surface area contributed by atoms with Crippen LogP contribution in [0.1, 0.15) is 60.9 Å². The van der Waals surface area contributed by atoms with Gasteiger partial charge >= 0.3 is 0 Å². The molecule has 1 saturated heterocycles. The molecule has 2 aliphatic rings. The van der Waals surface area contributed by atoms with Crippen LogP contribution in [0.4, 0.5) is 5.69 Å². The van der Waals surface area contributed by atoms with Crippen LogP contribution in [0.3, 0.4) is 0 Å². The molecule has 38 heavy (non-hydrogen) atoms. The molecule has 2 aromatic rings. The molecule has 2 aromatic carbocycles. The summed E-state index contributed by atoms with van der Waals surface area (Å²) >= 11 is 6.33. The Morgan fingerprint density at radius 3 is 2.55 bits per heavy atom. The van der Waals surface area contributed by atoms with Crippen LogP contribution in [-0.4, -0.2) is 55.2 Å². The van der Waals surface area contributed by atoms with E-state index in [0.717, 1.165) is 69.3 Å². The van der Waals surface area contributed by atoms with Gasteiger partial charge in [-0.25, -0.2) is 0 Å². The van der Waals surface area contributed by atoms with Crippen LogP contribution in [-0.2, 0) is 0 Å². The minimum Gasteiger partial charge on any atom is -0.507 e. The molecule has 204 valence electrons. The number of aromatic hydroxyl groups is 1. The molecule has 2 N–H and O–H groups in total. The number of amides is 1. The van der Waals surface area contributed by atoms with E-state index in [9.17, 15) is 15.2 Å². The maximum Gasteiger partial charge on any atom is 0.255 e. The van der Waals surface area contributed by atoms with Crippen molar-refractivity contribution in [3.63, 3.8) is 0 Å². The van der Waals surface area contributed by atoms with Crippen LogP contribution in [0, 0.1) is 36.0 Å². The van der Waals surface area contributed by atoms with Gasteiger partial charge in [-0.3, -0.25) is 9.69 Å². The smallest absolute Gasteiger partial charge is 0.255 e. The number of rotatable bonds is 10. The second-order valence-corrected chi connectivity index (χ2v) is 11.3. The molecular weight excluding hydrogens is 496 g/mol. The highest BCUT2D eigenvalue weighted by Crippen LogP contribution is 2.36. The zero-order valence-corrected chi connectivity index (χ0v) is 23.3. The van der Waals surface area contributed by atoms with Gasteiger partial charge in [0.2, 0.25) is 0 Å². The second-order valence-electron chi connectivity index (χ2n) is 10.9. The normalized spacial score (nSPS) is 21.0. The third-order valence-corrected chi connectivity index (χ3v) is 8.97. The summed E-state index contributed by atoms with van der Waals surface area (Å²) in [6.07, 6.45) is 7.53. The number of nitriles is 1. The summed E-state index contributed by atoms with van der Waals surface area (Å²) in [5.41, 5.74) is 2.73. The summed E-state index contributed by atoms with van der Waals surface area (Å²) in [7, 11) is 0. The lowest BCUT2D eigenvalue weighted by Gasteiger charge is -2.38. The van der Waals surface area contributed by atoms with Gasteiger partial charge in [-0.05, 0) is 87.2 Å². The number of carbonyl (C=O) groups is 1. The van der Waals surface area contributed by atoms with E-state index in [1.54, 1.807) is 18.2 Å². The van der Waals surface area contributed by atoms with E-state index in [2.05, 4.69) is 34.2 Å². The van der Waals surface area contributed by atoms with E-state index in [1.807, 2.05) is 12.1 Å². The average molecular weight is 537 g/mol. The van der Waals surface area contributed by atoms with Gasteiger partial charge in [0.25, 0.3) is 5.91 Å². The quantitative estimate of drug-likeness (QED) is 0.363. The zero-order chi connectivity index (χ0) is 26.9. The third-order valence-electron chi connectivity index (χ3n) is 8.56. The van der Waals surface area contributed by atoms with E-state index in [-0.39, 0.29) is 17.6 Å². The number of para-hydroxylation sites is 1. The molecule has 2 fully saturated rings. The summed E-state index contributed by atoms with van der Waals surface area (Å²) < 4.78 is 0. The zero-order valence-electron chi connectivity index (χ0n) is 22.5. The molecule has 4 rings (SSSR count). The molecule has 1 atom stereocenters. The molecule has 0 bridgehead atoms. The van der Waals surface area contributed by atoms with Gasteiger partial charge in [0.15, 0.2) is 0 Å². The fraction of sp³-hybridized carbons (Fsp3) is 0.548. The highest BCUT2D eigenvalue weighted by Gasteiger charge is 2.28. The summed E-state index contributed by atoms with van der Waals surface area (Å²) in [5, 5.41) is 23.3. The summed E-state index contributed by atoms with van der Waals surface area (Å²) in [6, 6.07) is 15.3. The number of hydrogen-bond donors (Lipinski definition) is 2. The molecule has 1 unspecified atom stereocenters. The molecule has 6 nitrogen and oxygen atoms in total. The van der Waals surface area contributed by atoms with Gasteiger partial charge in [0.1, 0.15) is 5.75 Å². The largest absolute Gasteiger partial charge is 0.507 e. The lowest BCUT2D eigenvalue weighted by atomic mass is 9.74. The number of halogens is 1. The first-order chi connectivity index (χ1) is 18.5. The first-order valence-electron chi connectivity index (χ1n) is 14.1. The van der Waals surface area contributed by atoms with Crippen molar-refractivity contribution < 1.29 is 9.90 Å². The van der Waals surface area contributed by atoms with Crippen molar-refractivity contribution >= 4 is 23.2 Å². The predicted molar refractivity (Wildman–Crippen MR) is 154 cm³/mol. The standard InChI is InChI=1S/C31H41ClN4O2/c1-23-28(32)8-4-9-29(23)36-20-18-35(19-21-36)17-15-24-11-13-25(14-12-24)26(22-33)6-5-16-34-31(38)27-7-2-3-10-30(27)37/h2-4,7-10,24-26,37H,5-6,11-21H2,1H3,(H,34,38). The third kappa shape index (κ3) is 7.42. The molecule has 7 heteroatoms. The van der Waals surface area contributed by atoms with Crippen LogP contribution in [0.5, 0.6) is 5.75 Å². The molecule has 0 spiro atoms. The molecule has 1 heterocycles. The Kier molecular flexibility index (Phi) is 10.3. The lowest BCUT2D eigenvalue weighted by molar-refractivity contribution is 0.0949. The van der Waals surface area contributed by atoms with Gasteiger partial charge in [0.05, 0.1) is 11.6 Å². The molecule has 0 radical (unpaired) electrons. The first-order valence-corrected chi connectivity index (χ1v) is 14.5. The SMILES string of the molecule is Cc1c(Cl)cccc1N1CCN(CCC2CCC(C(C#N)CCCNC(=O)c3ccccc3O)CC2)CC1. The minimum absolute atomic E-state index is 0.00782. The van der Waals surface area contributed by atoms with Crippen molar-refractivity contribution in [2.45, 2.75) is 51.9 Å². The second kappa shape index (κ2) is 13.9. The van der Waals surface area contributed by atoms with Gasteiger partial charge in [-0.15, -0.1) is 0 Å². The number of carbonyl (C=O) groups excluding carboxylic acids is 1. The van der Waals surface area contributed by atoms with Crippen molar-refractivity contribution in [2.24, 2.45) is 17.8 Å². The van der Waals surface area contributed by atoms with Gasteiger partial charge in [-0.1, -0.05) is 42.6 Å². The Bertz CT molecular complexity index is 1100. The van der Waals surface area contributed by atoms with Crippen LogP contribution in [0.2, 0.25) is 5.02 Å². The van der Waals surface area contributed by atoms with Crippen LogP contribution in [0.15, 0.2) is 42.5 Å². The van der Waals surface area contributed by atoms with E-state index in [4.69, 9.17) is 11.6 Å². The van der Waals surface area contributed by atoms with Crippen molar-refractivity contribution in [3.8, 4) is 11.8 Å². The highest BCUT2D eigenvalue weighted by molar-refractivity contribution is 6.31. The number of piperazine rings is 1. The Hall–Kier alpha value is -2.75. The van der Waals surface area contributed by atoms with Crippen molar-refractivity contribution in [1.82, 2.24) is 10.2 Å². The lowest BCUT2D eigenvalue weighted by Crippen LogP contribution is -2.47. The Labute approximate surface area is 232 Å². The van der Waals surface area contributed by atoms with Crippen LogP contribution < -0.4 is 10.2 Å². The number of nitrogens with zero attached hydrogens (tertiary/aromatic N) is 3. The van der Waals surface area contributed by atoms with E-state index >= 15 is 0 Å². The topological polar surface area (TPSA) is 79.6 Å². The molecule has 1 amide bonds. The van der Waals surface area contributed by atoms with E-state index < -0.39 is 0 Å². The highest BCUT2D eigenvalue weighted by atomic mass is 35.5. The van der Waals surface area contributed by atoms with Crippen LogP contribution >= 0.6 is 11.6 Å². The van der Waals surface area contributed by atoms with Crippen molar-refractivity contribution in [1.29, 1.82) is 5.26 Å². The maximum atomic E-state index is 12.3. The minimum atomic E-state index is -0.266. The number of benzene rings is 2. The molecule has 0 aromatic heterocycles. The summed E-state index contributed by atoms with van der Waals surface area (Å²) in [5.74, 6) is 1.01.